The fourth-order valence-electron chi connectivity index (χ4n) is 2.67. The summed E-state index contributed by atoms with van der Waals surface area (Å²) in [5.74, 6) is 1.04. The standard InChI is InChI=1S/C22H28N2O4/c1-13(2)17-8-7-14(3)21(11-17)28-15(4)22(26)24-19-12-18(23-16(5)25)9-10-20(19)27-6/h7-13,15H,1-6H3,(H,23,25)(H,24,26). The number of hydrogen-bond donors (Lipinski definition) is 2. The fraction of sp³-hybridized carbons (Fsp3) is 0.364. The molecule has 150 valence electrons. The molecule has 2 aromatic carbocycles. The number of nitrogens with one attached hydrogen (secondary N) is 2. The zero-order chi connectivity index (χ0) is 20.8. The van der Waals surface area contributed by atoms with Gasteiger partial charge in [0.15, 0.2) is 6.10 Å². The van der Waals surface area contributed by atoms with Crippen LogP contribution in [-0.4, -0.2) is 25.0 Å². The van der Waals surface area contributed by atoms with Crippen LogP contribution < -0.4 is 20.1 Å². The molecule has 2 amide bonds. The van der Waals surface area contributed by atoms with Crippen LogP contribution >= 0.6 is 0 Å². The molecule has 0 aliphatic rings. The maximum absolute atomic E-state index is 12.7. The van der Waals surface area contributed by atoms with Crippen molar-refractivity contribution < 1.29 is 19.1 Å². The Morgan fingerprint density at radius 3 is 2.29 bits per heavy atom. The number of amides is 2. The van der Waals surface area contributed by atoms with E-state index in [0.29, 0.717) is 28.8 Å². The monoisotopic (exact) mass is 384 g/mol. The van der Waals surface area contributed by atoms with Gasteiger partial charge in [0.05, 0.1) is 12.8 Å². The summed E-state index contributed by atoms with van der Waals surface area (Å²) >= 11 is 0. The van der Waals surface area contributed by atoms with E-state index < -0.39 is 6.10 Å². The molecule has 0 aliphatic carbocycles. The molecule has 0 aromatic heterocycles. The molecule has 0 heterocycles. The summed E-state index contributed by atoms with van der Waals surface area (Å²) in [5.41, 5.74) is 3.15. The Hall–Kier alpha value is -3.02. The van der Waals surface area contributed by atoms with Crippen molar-refractivity contribution in [3.63, 3.8) is 0 Å². The zero-order valence-electron chi connectivity index (χ0n) is 17.3. The third kappa shape index (κ3) is 5.49. The lowest BCUT2D eigenvalue weighted by atomic mass is 10.0. The van der Waals surface area contributed by atoms with Crippen molar-refractivity contribution in [2.75, 3.05) is 17.7 Å². The van der Waals surface area contributed by atoms with Gasteiger partial charge in [-0.15, -0.1) is 0 Å². The Balaban J connectivity index is 2.16. The quantitative estimate of drug-likeness (QED) is 0.737. The minimum atomic E-state index is -0.713. The third-order valence-electron chi connectivity index (χ3n) is 4.33. The predicted molar refractivity (Wildman–Crippen MR) is 111 cm³/mol. The van der Waals surface area contributed by atoms with Crippen molar-refractivity contribution in [3.8, 4) is 11.5 Å². The smallest absolute Gasteiger partial charge is 0.265 e. The molecule has 0 aliphatic heterocycles. The van der Waals surface area contributed by atoms with Gasteiger partial charge >= 0.3 is 0 Å². The first-order valence-electron chi connectivity index (χ1n) is 9.25. The molecule has 28 heavy (non-hydrogen) atoms. The Bertz CT molecular complexity index is 862. The third-order valence-corrected chi connectivity index (χ3v) is 4.33. The largest absolute Gasteiger partial charge is 0.495 e. The SMILES string of the molecule is COc1ccc(NC(C)=O)cc1NC(=O)C(C)Oc1cc(C(C)C)ccc1C. The Labute approximate surface area is 166 Å². The Morgan fingerprint density at radius 1 is 0.964 bits per heavy atom. The molecule has 1 unspecified atom stereocenters. The second kappa shape index (κ2) is 9.26. The normalized spacial score (nSPS) is 11.7. The van der Waals surface area contributed by atoms with E-state index in [1.54, 1.807) is 25.1 Å². The molecule has 0 radical (unpaired) electrons. The molecule has 2 aromatic rings. The van der Waals surface area contributed by atoms with Crippen molar-refractivity contribution in [3.05, 3.63) is 47.5 Å². The first-order valence-corrected chi connectivity index (χ1v) is 9.25. The van der Waals surface area contributed by atoms with Gasteiger partial charge in [0, 0.05) is 12.6 Å². The first-order chi connectivity index (χ1) is 13.2. The highest BCUT2D eigenvalue weighted by molar-refractivity contribution is 5.97. The van der Waals surface area contributed by atoms with Crippen LogP contribution in [0.15, 0.2) is 36.4 Å². The number of anilines is 2. The van der Waals surface area contributed by atoms with Gasteiger partial charge in [-0.25, -0.2) is 0 Å². The topological polar surface area (TPSA) is 76.7 Å². The van der Waals surface area contributed by atoms with Crippen LogP contribution in [0.5, 0.6) is 11.5 Å². The maximum atomic E-state index is 12.7. The lowest BCUT2D eigenvalue weighted by molar-refractivity contribution is -0.122. The molecule has 0 bridgehead atoms. The summed E-state index contributed by atoms with van der Waals surface area (Å²) in [4.78, 5) is 23.9. The van der Waals surface area contributed by atoms with E-state index in [1.165, 1.54) is 14.0 Å². The summed E-state index contributed by atoms with van der Waals surface area (Å²) in [6.07, 6.45) is -0.713. The van der Waals surface area contributed by atoms with Gasteiger partial charge in [-0.1, -0.05) is 26.0 Å². The van der Waals surface area contributed by atoms with Crippen molar-refractivity contribution in [1.29, 1.82) is 0 Å². The van der Waals surface area contributed by atoms with Gasteiger partial charge in [-0.2, -0.15) is 0 Å². The van der Waals surface area contributed by atoms with E-state index >= 15 is 0 Å². The van der Waals surface area contributed by atoms with E-state index in [2.05, 4.69) is 30.5 Å². The van der Waals surface area contributed by atoms with E-state index in [0.717, 1.165) is 11.1 Å². The number of rotatable bonds is 7. The number of aryl methyl sites for hydroxylation is 1. The van der Waals surface area contributed by atoms with Crippen LogP contribution in [0.3, 0.4) is 0 Å². The summed E-state index contributed by atoms with van der Waals surface area (Å²) in [5, 5.41) is 5.50. The average molecular weight is 384 g/mol. The molecule has 0 saturated heterocycles. The number of hydrogen-bond acceptors (Lipinski definition) is 4. The molecule has 0 spiro atoms. The summed E-state index contributed by atoms with van der Waals surface area (Å²) in [6.45, 7) is 9.29. The van der Waals surface area contributed by atoms with Gasteiger partial charge in [0.2, 0.25) is 5.91 Å². The molecule has 6 heteroatoms. The molecule has 0 fully saturated rings. The Morgan fingerprint density at radius 2 is 1.68 bits per heavy atom. The lowest BCUT2D eigenvalue weighted by Crippen LogP contribution is -2.30. The number of carbonyl (C=O) groups is 2. The van der Waals surface area contributed by atoms with Gasteiger partial charge in [-0.05, 0) is 55.2 Å². The van der Waals surface area contributed by atoms with Crippen molar-refractivity contribution in [2.45, 2.75) is 46.6 Å². The van der Waals surface area contributed by atoms with Gasteiger partial charge in [0.25, 0.3) is 5.91 Å². The highest BCUT2D eigenvalue weighted by Gasteiger charge is 2.18. The highest BCUT2D eigenvalue weighted by Crippen LogP contribution is 2.29. The number of ether oxygens (including phenoxy) is 2. The van der Waals surface area contributed by atoms with E-state index in [4.69, 9.17) is 9.47 Å². The molecule has 2 N–H and O–H groups in total. The second-order valence-corrected chi connectivity index (χ2v) is 7.03. The highest BCUT2D eigenvalue weighted by atomic mass is 16.5. The predicted octanol–water partition coefficient (Wildman–Crippen LogP) is 4.49. The van der Waals surface area contributed by atoms with Crippen molar-refractivity contribution >= 4 is 23.2 Å². The molecule has 6 nitrogen and oxygen atoms in total. The molecule has 1 atom stereocenters. The van der Waals surface area contributed by atoms with Crippen molar-refractivity contribution in [2.24, 2.45) is 0 Å². The van der Waals surface area contributed by atoms with Crippen LogP contribution in [0.4, 0.5) is 11.4 Å². The number of benzene rings is 2. The van der Waals surface area contributed by atoms with Crippen LogP contribution in [0, 0.1) is 6.92 Å². The summed E-state index contributed by atoms with van der Waals surface area (Å²) < 4.78 is 11.2. The van der Waals surface area contributed by atoms with E-state index in [-0.39, 0.29) is 11.8 Å². The first kappa shape index (κ1) is 21.3. The number of carbonyl (C=O) groups excluding carboxylic acids is 2. The lowest BCUT2D eigenvalue weighted by Gasteiger charge is -2.19. The minimum absolute atomic E-state index is 0.195. The van der Waals surface area contributed by atoms with Crippen LogP contribution in [-0.2, 0) is 9.59 Å². The van der Waals surface area contributed by atoms with Crippen LogP contribution in [0.1, 0.15) is 44.7 Å². The van der Waals surface area contributed by atoms with Crippen LogP contribution in [0.2, 0.25) is 0 Å². The van der Waals surface area contributed by atoms with E-state index in [1.807, 2.05) is 19.1 Å². The zero-order valence-corrected chi connectivity index (χ0v) is 17.3. The minimum Gasteiger partial charge on any atom is -0.495 e. The molecular formula is C22H28N2O4. The summed E-state index contributed by atoms with van der Waals surface area (Å²) in [7, 11) is 1.52. The average Bonchev–Trinajstić information content (AvgIpc) is 2.63. The summed E-state index contributed by atoms with van der Waals surface area (Å²) in [6, 6.07) is 11.1. The van der Waals surface area contributed by atoms with Crippen LogP contribution in [0.25, 0.3) is 0 Å². The molecule has 0 saturated carbocycles. The number of methoxy groups -OCH3 is 1. The Kier molecular flexibility index (Phi) is 7.04. The fourth-order valence-corrected chi connectivity index (χ4v) is 2.67. The van der Waals surface area contributed by atoms with E-state index in [9.17, 15) is 9.59 Å². The maximum Gasteiger partial charge on any atom is 0.265 e. The van der Waals surface area contributed by atoms with Crippen molar-refractivity contribution in [1.82, 2.24) is 0 Å². The molecule has 2 rings (SSSR count). The van der Waals surface area contributed by atoms with Gasteiger partial charge < -0.3 is 20.1 Å². The van der Waals surface area contributed by atoms with Gasteiger partial charge in [0.1, 0.15) is 11.5 Å². The van der Waals surface area contributed by atoms with Gasteiger partial charge in [-0.3, -0.25) is 9.59 Å². The second-order valence-electron chi connectivity index (χ2n) is 7.03. The molecular weight excluding hydrogens is 356 g/mol.